The van der Waals surface area contributed by atoms with Crippen LogP contribution in [0.4, 0.5) is 0 Å². The van der Waals surface area contributed by atoms with Crippen LogP contribution < -0.4 is 0 Å². The van der Waals surface area contributed by atoms with E-state index >= 15 is 0 Å². The van der Waals surface area contributed by atoms with Crippen molar-refractivity contribution in [1.29, 1.82) is 0 Å². The fourth-order valence-electron chi connectivity index (χ4n) is 2.46. The summed E-state index contributed by atoms with van der Waals surface area (Å²) in [5.41, 5.74) is 3.78. The van der Waals surface area contributed by atoms with E-state index in [1.54, 1.807) is 0 Å². The van der Waals surface area contributed by atoms with Gasteiger partial charge in [-0.15, -0.1) is 0 Å². The zero-order chi connectivity index (χ0) is 11.7. The highest BCUT2D eigenvalue weighted by atomic mass is 14.8. The van der Waals surface area contributed by atoms with Crippen LogP contribution in [-0.4, -0.2) is 11.8 Å². The largest absolute Gasteiger partial charge is 0.281 e. The first-order chi connectivity index (χ1) is 8.36. The number of hydrogen-bond acceptors (Lipinski definition) is 1. The maximum atomic E-state index is 4.76. The number of allylic oxidation sites excluding steroid dienone is 2. The van der Waals surface area contributed by atoms with Gasteiger partial charge >= 0.3 is 0 Å². The van der Waals surface area contributed by atoms with Crippen LogP contribution in [0.15, 0.2) is 54.1 Å². The van der Waals surface area contributed by atoms with Gasteiger partial charge in [-0.25, -0.2) is 0 Å². The Bertz CT molecular complexity index is 478. The molecule has 17 heavy (non-hydrogen) atoms. The van der Waals surface area contributed by atoms with Crippen LogP contribution in [0.3, 0.4) is 0 Å². The maximum absolute atomic E-state index is 4.76. The van der Waals surface area contributed by atoms with Crippen LogP contribution in [0.1, 0.15) is 24.8 Å². The average molecular weight is 223 g/mol. The van der Waals surface area contributed by atoms with Crippen molar-refractivity contribution in [3.05, 3.63) is 54.6 Å². The summed E-state index contributed by atoms with van der Waals surface area (Å²) in [7, 11) is 0. The zero-order valence-electron chi connectivity index (χ0n) is 9.97. The van der Waals surface area contributed by atoms with Gasteiger partial charge in [0.25, 0.3) is 0 Å². The van der Waals surface area contributed by atoms with Gasteiger partial charge in [0.2, 0.25) is 0 Å². The van der Waals surface area contributed by atoms with Gasteiger partial charge in [0.1, 0.15) is 0 Å². The number of rotatable bonds is 3. The Labute approximate surface area is 103 Å². The Hall–Kier alpha value is -1.63. The first-order valence-electron chi connectivity index (χ1n) is 6.33. The molecule has 0 N–H and O–H groups in total. The van der Waals surface area contributed by atoms with E-state index in [1.807, 2.05) is 6.08 Å². The summed E-state index contributed by atoms with van der Waals surface area (Å²) in [5, 5.41) is 0. The summed E-state index contributed by atoms with van der Waals surface area (Å²) >= 11 is 0. The normalized spacial score (nSPS) is 23.9. The van der Waals surface area contributed by atoms with Crippen molar-refractivity contribution in [1.82, 2.24) is 0 Å². The third kappa shape index (κ3) is 2.23. The lowest BCUT2D eigenvalue weighted by Gasteiger charge is -2.20. The smallest absolute Gasteiger partial charge is 0.0575 e. The molecule has 0 aromatic heterocycles. The molecule has 86 valence electrons. The highest BCUT2D eigenvalue weighted by Crippen LogP contribution is 2.40. The molecular weight excluding hydrogens is 206 g/mol. The van der Waals surface area contributed by atoms with Crippen LogP contribution in [0, 0.1) is 5.92 Å². The summed E-state index contributed by atoms with van der Waals surface area (Å²) in [4.78, 5) is 4.76. The summed E-state index contributed by atoms with van der Waals surface area (Å²) in [6, 6.07) is 11.1. The van der Waals surface area contributed by atoms with Gasteiger partial charge in [-0.3, -0.25) is 4.99 Å². The maximum Gasteiger partial charge on any atom is 0.0575 e. The van der Waals surface area contributed by atoms with E-state index in [1.165, 1.54) is 24.0 Å². The SMILES string of the molecule is C=CC1=NC(C2CC2)CC(c2ccccc2)=C1. The first kappa shape index (κ1) is 10.5. The van der Waals surface area contributed by atoms with Crippen molar-refractivity contribution >= 4 is 11.3 Å². The van der Waals surface area contributed by atoms with Crippen molar-refractivity contribution in [2.24, 2.45) is 10.9 Å². The van der Waals surface area contributed by atoms with Gasteiger partial charge in [0.15, 0.2) is 0 Å². The molecule has 1 fully saturated rings. The van der Waals surface area contributed by atoms with Crippen LogP contribution in [-0.2, 0) is 0 Å². The summed E-state index contributed by atoms with van der Waals surface area (Å²) in [6.07, 6.45) is 7.84. The minimum Gasteiger partial charge on any atom is -0.281 e. The number of dihydropyridines is 1. The lowest BCUT2D eigenvalue weighted by atomic mass is 9.92. The van der Waals surface area contributed by atoms with E-state index in [-0.39, 0.29) is 0 Å². The number of benzene rings is 1. The van der Waals surface area contributed by atoms with Gasteiger partial charge in [-0.2, -0.15) is 0 Å². The summed E-state index contributed by atoms with van der Waals surface area (Å²) < 4.78 is 0. The van der Waals surface area contributed by atoms with E-state index in [0.717, 1.165) is 18.1 Å². The van der Waals surface area contributed by atoms with Crippen molar-refractivity contribution in [3.8, 4) is 0 Å². The Morgan fingerprint density at radius 2 is 1.94 bits per heavy atom. The molecule has 1 heteroatoms. The van der Waals surface area contributed by atoms with Crippen LogP contribution >= 0.6 is 0 Å². The van der Waals surface area contributed by atoms with E-state index in [4.69, 9.17) is 4.99 Å². The number of nitrogens with zero attached hydrogens (tertiary/aromatic N) is 1. The van der Waals surface area contributed by atoms with Gasteiger partial charge < -0.3 is 0 Å². The minimum atomic E-state index is 0.489. The molecule has 0 amide bonds. The number of hydrogen-bond donors (Lipinski definition) is 0. The predicted molar refractivity (Wildman–Crippen MR) is 73.2 cm³/mol. The second-order valence-corrected chi connectivity index (χ2v) is 4.90. The van der Waals surface area contributed by atoms with E-state index in [2.05, 4.69) is 43.0 Å². The Morgan fingerprint density at radius 1 is 1.18 bits per heavy atom. The first-order valence-corrected chi connectivity index (χ1v) is 6.33. The Balaban J connectivity index is 1.91. The van der Waals surface area contributed by atoms with E-state index < -0.39 is 0 Å². The van der Waals surface area contributed by atoms with Crippen molar-refractivity contribution in [2.75, 3.05) is 0 Å². The molecule has 1 aromatic rings. The van der Waals surface area contributed by atoms with Crippen molar-refractivity contribution < 1.29 is 0 Å². The van der Waals surface area contributed by atoms with Crippen LogP contribution in [0.25, 0.3) is 5.57 Å². The third-order valence-corrected chi connectivity index (χ3v) is 3.59. The Kier molecular flexibility index (Phi) is 2.68. The second-order valence-electron chi connectivity index (χ2n) is 4.90. The molecule has 2 aliphatic rings. The molecular formula is C16H17N. The monoisotopic (exact) mass is 223 g/mol. The fraction of sp³-hybridized carbons (Fsp3) is 0.312. The van der Waals surface area contributed by atoms with Crippen molar-refractivity contribution in [2.45, 2.75) is 25.3 Å². The lowest BCUT2D eigenvalue weighted by molar-refractivity contribution is 0.609. The molecule has 0 bridgehead atoms. The van der Waals surface area contributed by atoms with Crippen LogP contribution in [0.2, 0.25) is 0 Å². The minimum absolute atomic E-state index is 0.489. The second kappa shape index (κ2) is 4.33. The van der Waals surface area contributed by atoms with E-state index in [0.29, 0.717) is 6.04 Å². The highest BCUT2D eigenvalue weighted by molar-refractivity contribution is 6.09. The lowest BCUT2D eigenvalue weighted by Crippen LogP contribution is -2.15. The molecule has 1 saturated carbocycles. The quantitative estimate of drug-likeness (QED) is 0.737. The topological polar surface area (TPSA) is 12.4 Å². The zero-order valence-corrected chi connectivity index (χ0v) is 9.97. The standard InChI is InChI=1S/C16H17N/c1-2-15-10-14(12-6-4-3-5-7-12)11-16(17-15)13-8-9-13/h2-7,10,13,16H,1,8-9,11H2. The molecule has 1 aromatic carbocycles. The summed E-state index contributed by atoms with van der Waals surface area (Å²) in [5.74, 6) is 0.817. The third-order valence-electron chi connectivity index (χ3n) is 3.59. The molecule has 0 saturated heterocycles. The molecule has 1 aliphatic carbocycles. The molecule has 0 spiro atoms. The van der Waals surface area contributed by atoms with Gasteiger partial charge in [0.05, 0.1) is 11.8 Å². The highest BCUT2D eigenvalue weighted by Gasteiger charge is 2.33. The molecule has 0 radical (unpaired) electrons. The van der Waals surface area contributed by atoms with Gasteiger partial charge in [-0.1, -0.05) is 36.9 Å². The molecule has 1 atom stereocenters. The molecule has 1 unspecified atom stereocenters. The molecule has 3 rings (SSSR count). The molecule has 1 heterocycles. The fourth-order valence-corrected chi connectivity index (χ4v) is 2.46. The van der Waals surface area contributed by atoms with Crippen molar-refractivity contribution in [3.63, 3.8) is 0 Å². The Morgan fingerprint density at radius 3 is 2.59 bits per heavy atom. The summed E-state index contributed by atoms with van der Waals surface area (Å²) in [6.45, 7) is 3.85. The van der Waals surface area contributed by atoms with Gasteiger partial charge in [-0.05, 0) is 48.5 Å². The van der Waals surface area contributed by atoms with E-state index in [9.17, 15) is 0 Å². The van der Waals surface area contributed by atoms with Crippen LogP contribution in [0.5, 0.6) is 0 Å². The van der Waals surface area contributed by atoms with Gasteiger partial charge in [0, 0.05) is 0 Å². The molecule has 1 nitrogen and oxygen atoms in total. The predicted octanol–water partition coefficient (Wildman–Crippen LogP) is 3.88. The average Bonchev–Trinajstić information content (AvgIpc) is 3.23. The molecule has 1 aliphatic heterocycles. The number of aliphatic imine (C=N–C) groups is 1.